The van der Waals surface area contributed by atoms with Gasteiger partial charge in [-0.2, -0.15) is 4.98 Å². The highest BCUT2D eigenvalue weighted by Gasteiger charge is 2.22. The smallest absolute Gasteiger partial charge is 0.295 e. The molecule has 0 unspecified atom stereocenters. The minimum atomic E-state index is -0.245. The summed E-state index contributed by atoms with van der Waals surface area (Å²) in [6.45, 7) is 3.66. The van der Waals surface area contributed by atoms with E-state index >= 15 is 0 Å². The zero-order valence-corrected chi connectivity index (χ0v) is 14.3. The maximum atomic E-state index is 12.6. The maximum Gasteiger partial charge on any atom is 0.353 e. The van der Waals surface area contributed by atoms with E-state index < -0.39 is 0 Å². The molecule has 0 N–H and O–H groups in total. The highest BCUT2D eigenvalue weighted by atomic mass is 32.2. The first-order valence-electron chi connectivity index (χ1n) is 8.00. The molecule has 120 valence electrons. The molecule has 1 aromatic carbocycles. The molecule has 1 aliphatic rings. The molecule has 0 radical (unpaired) electrons. The van der Waals surface area contributed by atoms with E-state index in [0.29, 0.717) is 5.56 Å². The van der Waals surface area contributed by atoms with E-state index in [2.05, 4.69) is 11.9 Å². The normalized spacial score (nSPS) is 13.1. The van der Waals surface area contributed by atoms with E-state index in [1.165, 1.54) is 12.5 Å². The Hall–Kier alpha value is -1.88. The lowest BCUT2D eigenvalue weighted by Crippen LogP contribution is -2.26. The largest absolute Gasteiger partial charge is 0.353 e. The van der Waals surface area contributed by atoms with Gasteiger partial charge in [0.25, 0.3) is 0 Å². The van der Waals surface area contributed by atoms with Crippen LogP contribution in [0, 0.1) is 0 Å². The third kappa shape index (κ3) is 3.11. The number of fused-ring (bicyclic) bond motifs is 1. The summed E-state index contributed by atoms with van der Waals surface area (Å²) in [6.07, 6.45) is 3.97. The van der Waals surface area contributed by atoms with Crippen molar-refractivity contribution in [2.75, 3.05) is 5.75 Å². The Morgan fingerprint density at radius 3 is 2.91 bits per heavy atom. The van der Waals surface area contributed by atoms with E-state index in [1.54, 1.807) is 28.5 Å². The fourth-order valence-corrected chi connectivity index (χ4v) is 3.91. The molecule has 4 nitrogen and oxygen atoms in total. The van der Waals surface area contributed by atoms with Crippen LogP contribution in [0.5, 0.6) is 0 Å². The Labute approximate surface area is 139 Å². The third-order valence-corrected chi connectivity index (χ3v) is 5.28. The van der Waals surface area contributed by atoms with E-state index in [0.717, 1.165) is 47.8 Å². The van der Waals surface area contributed by atoms with Gasteiger partial charge in [-0.25, -0.2) is 4.79 Å². The fourth-order valence-electron chi connectivity index (χ4n) is 2.97. The van der Waals surface area contributed by atoms with Crippen molar-refractivity contribution in [1.29, 1.82) is 0 Å². The Morgan fingerprint density at radius 1 is 1.35 bits per heavy atom. The van der Waals surface area contributed by atoms with Gasteiger partial charge in [0.05, 0.1) is 5.69 Å². The summed E-state index contributed by atoms with van der Waals surface area (Å²) in [5.74, 6) is 0.975. The number of nitrogens with zero attached hydrogens (tertiary/aromatic N) is 2. The summed E-state index contributed by atoms with van der Waals surface area (Å²) >= 11 is 1.67. The summed E-state index contributed by atoms with van der Waals surface area (Å²) in [7, 11) is 0. The van der Waals surface area contributed by atoms with Crippen LogP contribution in [0.1, 0.15) is 48.3 Å². The fraction of sp³-hybridized carbons (Fsp3) is 0.389. The number of aromatic nitrogens is 2. The number of thioether (sulfide) groups is 1. The SMILES string of the molecule is CCCSc1nc(=O)n(-c2cccc(C(C)=O)c2)c2c1CCC2. The molecule has 0 atom stereocenters. The predicted octanol–water partition coefficient (Wildman–Crippen LogP) is 3.43. The van der Waals surface area contributed by atoms with E-state index in [4.69, 9.17) is 0 Å². The Bertz CT molecular complexity index is 811. The van der Waals surface area contributed by atoms with Crippen LogP contribution in [0.4, 0.5) is 0 Å². The lowest BCUT2D eigenvalue weighted by atomic mass is 10.1. The van der Waals surface area contributed by atoms with Crippen molar-refractivity contribution in [3.05, 3.63) is 51.6 Å². The molecule has 0 saturated carbocycles. The van der Waals surface area contributed by atoms with Crippen molar-refractivity contribution in [3.63, 3.8) is 0 Å². The average molecular weight is 328 g/mol. The molecule has 0 amide bonds. The number of ketones is 1. The van der Waals surface area contributed by atoms with Gasteiger partial charge in [0.1, 0.15) is 5.03 Å². The van der Waals surface area contributed by atoms with Gasteiger partial charge in [-0.1, -0.05) is 19.1 Å². The van der Waals surface area contributed by atoms with E-state index in [1.807, 2.05) is 12.1 Å². The molecule has 0 bridgehead atoms. The molecule has 23 heavy (non-hydrogen) atoms. The lowest BCUT2D eigenvalue weighted by Gasteiger charge is -2.14. The predicted molar refractivity (Wildman–Crippen MR) is 92.9 cm³/mol. The van der Waals surface area contributed by atoms with Crippen LogP contribution >= 0.6 is 11.8 Å². The highest BCUT2D eigenvalue weighted by Crippen LogP contribution is 2.30. The van der Waals surface area contributed by atoms with Crippen molar-refractivity contribution in [1.82, 2.24) is 9.55 Å². The van der Waals surface area contributed by atoms with Crippen LogP contribution in [-0.2, 0) is 12.8 Å². The van der Waals surface area contributed by atoms with Crippen LogP contribution < -0.4 is 5.69 Å². The molecule has 0 fully saturated rings. The van der Waals surface area contributed by atoms with Crippen molar-refractivity contribution in [2.24, 2.45) is 0 Å². The molecular weight excluding hydrogens is 308 g/mol. The summed E-state index contributed by atoms with van der Waals surface area (Å²) in [4.78, 5) is 28.5. The zero-order valence-electron chi connectivity index (χ0n) is 13.5. The van der Waals surface area contributed by atoms with Crippen molar-refractivity contribution in [3.8, 4) is 5.69 Å². The molecule has 1 heterocycles. The van der Waals surface area contributed by atoms with Gasteiger partial charge >= 0.3 is 5.69 Å². The standard InChI is InChI=1S/C18H20N2O2S/c1-3-10-23-17-15-8-5-9-16(15)20(18(22)19-17)14-7-4-6-13(11-14)12(2)21/h4,6-7,11H,3,5,8-10H2,1-2H3. The van der Waals surface area contributed by atoms with Gasteiger partial charge in [-0.15, -0.1) is 11.8 Å². The molecule has 3 rings (SSSR count). The number of carbonyl (C=O) groups excluding carboxylic acids is 1. The minimum Gasteiger partial charge on any atom is -0.295 e. The number of rotatable bonds is 5. The van der Waals surface area contributed by atoms with Gasteiger partial charge in [0, 0.05) is 16.8 Å². The van der Waals surface area contributed by atoms with Crippen LogP contribution in [0.2, 0.25) is 0 Å². The van der Waals surface area contributed by atoms with Crippen LogP contribution in [0.15, 0.2) is 34.1 Å². The van der Waals surface area contributed by atoms with Crippen molar-refractivity contribution >= 4 is 17.5 Å². The second-order valence-corrected chi connectivity index (χ2v) is 6.85. The Morgan fingerprint density at radius 2 is 2.17 bits per heavy atom. The van der Waals surface area contributed by atoms with Crippen molar-refractivity contribution < 1.29 is 4.79 Å². The first-order valence-corrected chi connectivity index (χ1v) is 8.99. The van der Waals surface area contributed by atoms with Crippen LogP contribution in [-0.4, -0.2) is 21.1 Å². The van der Waals surface area contributed by atoms with Gasteiger partial charge in [-0.3, -0.25) is 9.36 Å². The first-order chi connectivity index (χ1) is 11.1. The molecule has 1 aromatic heterocycles. The molecule has 0 saturated heterocycles. The minimum absolute atomic E-state index is 0.000347. The Balaban J connectivity index is 2.14. The average Bonchev–Trinajstić information content (AvgIpc) is 3.02. The second kappa shape index (κ2) is 6.71. The molecule has 5 heteroatoms. The number of carbonyl (C=O) groups is 1. The van der Waals surface area contributed by atoms with E-state index in [-0.39, 0.29) is 11.5 Å². The lowest BCUT2D eigenvalue weighted by molar-refractivity contribution is 0.101. The highest BCUT2D eigenvalue weighted by molar-refractivity contribution is 7.99. The quantitative estimate of drug-likeness (QED) is 0.479. The van der Waals surface area contributed by atoms with Crippen LogP contribution in [0.3, 0.4) is 0 Å². The molecule has 1 aliphatic carbocycles. The number of hydrogen-bond acceptors (Lipinski definition) is 4. The van der Waals surface area contributed by atoms with Crippen molar-refractivity contribution in [2.45, 2.75) is 44.6 Å². The molecule has 0 aliphatic heterocycles. The number of Topliss-reactive ketones (excluding diaryl/α,β-unsaturated/α-hetero) is 1. The van der Waals surface area contributed by atoms with Crippen LogP contribution in [0.25, 0.3) is 5.69 Å². The summed E-state index contributed by atoms with van der Waals surface area (Å²) in [6, 6.07) is 7.24. The number of hydrogen-bond donors (Lipinski definition) is 0. The summed E-state index contributed by atoms with van der Waals surface area (Å²) < 4.78 is 1.69. The van der Waals surface area contributed by atoms with Gasteiger partial charge in [0.2, 0.25) is 0 Å². The summed E-state index contributed by atoms with van der Waals surface area (Å²) in [5, 5.41) is 0.892. The Kier molecular flexibility index (Phi) is 4.66. The van der Waals surface area contributed by atoms with Gasteiger partial charge in [-0.05, 0) is 50.5 Å². The molecule has 2 aromatic rings. The summed E-state index contributed by atoms with van der Waals surface area (Å²) in [5.41, 5.74) is 3.37. The van der Waals surface area contributed by atoms with E-state index in [9.17, 15) is 9.59 Å². The van der Waals surface area contributed by atoms with Gasteiger partial charge in [0.15, 0.2) is 5.78 Å². The molecule has 0 spiro atoms. The number of benzene rings is 1. The monoisotopic (exact) mass is 328 g/mol. The molecular formula is C18H20N2O2S. The van der Waals surface area contributed by atoms with Gasteiger partial charge < -0.3 is 0 Å². The third-order valence-electron chi connectivity index (χ3n) is 4.06. The first kappa shape index (κ1) is 16.0. The second-order valence-electron chi connectivity index (χ2n) is 5.77. The zero-order chi connectivity index (χ0) is 16.4. The topological polar surface area (TPSA) is 52.0 Å². The maximum absolute atomic E-state index is 12.6.